The van der Waals surface area contributed by atoms with Gasteiger partial charge in [0.2, 0.25) is 0 Å². The standard InChI is InChI=1S/C21H21N3O5/c1-2-28-15-7-5-14(6-8-15)24-20(26)17(19(25)22-21(24)27)13-16-9-10-18(29-16)23-11-3-4-12-23/h5-10,13H,2-4,11-12H2,1H3,(H,22,25,27)/b17-13+. The molecule has 2 fully saturated rings. The van der Waals surface area contributed by atoms with Gasteiger partial charge in [0.25, 0.3) is 11.8 Å². The molecule has 0 saturated carbocycles. The zero-order valence-electron chi connectivity index (χ0n) is 16.0. The maximum absolute atomic E-state index is 12.9. The monoisotopic (exact) mass is 395 g/mol. The quantitative estimate of drug-likeness (QED) is 0.618. The van der Waals surface area contributed by atoms with Crippen LogP contribution in [0.3, 0.4) is 0 Å². The average molecular weight is 395 g/mol. The summed E-state index contributed by atoms with van der Waals surface area (Å²) in [5, 5.41) is 2.21. The van der Waals surface area contributed by atoms with Gasteiger partial charge in [-0.05, 0) is 56.2 Å². The maximum atomic E-state index is 12.9. The minimum absolute atomic E-state index is 0.166. The summed E-state index contributed by atoms with van der Waals surface area (Å²) in [4.78, 5) is 40.5. The molecule has 0 radical (unpaired) electrons. The van der Waals surface area contributed by atoms with Crippen molar-refractivity contribution in [1.82, 2.24) is 5.32 Å². The van der Waals surface area contributed by atoms with Crippen molar-refractivity contribution in [1.29, 1.82) is 0 Å². The van der Waals surface area contributed by atoms with Gasteiger partial charge in [-0.2, -0.15) is 0 Å². The van der Waals surface area contributed by atoms with Crippen molar-refractivity contribution in [2.45, 2.75) is 19.8 Å². The third-order valence-corrected chi connectivity index (χ3v) is 4.82. The van der Waals surface area contributed by atoms with Gasteiger partial charge in [0, 0.05) is 19.2 Å². The molecule has 0 unspecified atom stereocenters. The van der Waals surface area contributed by atoms with Gasteiger partial charge < -0.3 is 14.1 Å². The molecule has 0 spiro atoms. The van der Waals surface area contributed by atoms with Gasteiger partial charge in [-0.25, -0.2) is 9.69 Å². The lowest BCUT2D eigenvalue weighted by atomic mass is 10.1. The molecule has 1 aromatic carbocycles. The summed E-state index contributed by atoms with van der Waals surface area (Å²) in [5.41, 5.74) is 0.173. The van der Waals surface area contributed by atoms with Crippen LogP contribution in [0.25, 0.3) is 6.08 Å². The van der Waals surface area contributed by atoms with Crippen LogP contribution in [-0.2, 0) is 9.59 Å². The summed E-state index contributed by atoms with van der Waals surface area (Å²) in [6.07, 6.45) is 3.58. The van der Waals surface area contributed by atoms with E-state index in [-0.39, 0.29) is 5.57 Å². The molecule has 3 heterocycles. The Morgan fingerprint density at radius 1 is 1.07 bits per heavy atom. The number of furan rings is 1. The number of nitrogens with zero attached hydrogens (tertiary/aromatic N) is 2. The molecule has 4 amide bonds. The molecule has 2 saturated heterocycles. The van der Waals surface area contributed by atoms with Crippen LogP contribution in [0, 0.1) is 0 Å². The number of carbonyl (C=O) groups excluding carboxylic acids is 3. The molecule has 29 heavy (non-hydrogen) atoms. The van der Waals surface area contributed by atoms with E-state index in [4.69, 9.17) is 9.15 Å². The van der Waals surface area contributed by atoms with E-state index < -0.39 is 17.8 Å². The smallest absolute Gasteiger partial charge is 0.335 e. The average Bonchev–Trinajstić information content (AvgIpc) is 3.38. The predicted octanol–water partition coefficient (Wildman–Crippen LogP) is 2.94. The van der Waals surface area contributed by atoms with Gasteiger partial charge in [-0.15, -0.1) is 0 Å². The number of hydrogen-bond donors (Lipinski definition) is 1. The number of carbonyl (C=O) groups is 3. The largest absolute Gasteiger partial charge is 0.494 e. The number of urea groups is 1. The first kappa shape index (κ1) is 18.8. The fraction of sp³-hybridized carbons (Fsp3) is 0.286. The summed E-state index contributed by atoms with van der Waals surface area (Å²) >= 11 is 0. The molecule has 2 aliphatic heterocycles. The highest BCUT2D eigenvalue weighted by molar-refractivity contribution is 6.39. The third kappa shape index (κ3) is 3.73. The van der Waals surface area contributed by atoms with Crippen LogP contribution in [-0.4, -0.2) is 37.5 Å². The number of anilines is 2. The third-order valence-electron chi connectivity index (χ3n) is 4.82. The zero-order valence-corrected chi connectivity index (χ0v) is 16.0. The van der Waals surface area contributed by atoms with Gasteiger partial charge in [-0.3, -0.25) is 14.9 Å². The number of nitrogens with one attached hydrogen (secondary N) is 1. The molecule has 1 N–H and O–H groups in total. The number of benzene rings is 1. The molecule has 0 atom stereocenters. The summed E-state index contributed by atoms with van der Waals surface area (Å²) < 4.78 is 11.2. The predicted molar refractivity (Wildman–Crippen MR) is 107 cm³/mol. The number of rotatable bonds is 5. The second-order valence-corrected chi connectivity index (χ2v) is 6.75. The minimum atomic E-state index is -0.793. The maximum Gasteiger partial charge on any atom is 0.335 e. The van der Waals surface area contributed by atoms with Crippen molar-refractivity contribution in [2.75, 3.05) is 29.5 Å². The van der Waals surface area contributed by atoms with Crippen LogP contribution in [0.5, 0.6) is 5.75 Å². The Morgan fingerprint density at radius 2 is 1.79 bits per heavy atom. The summed E-state index contributed by atoms with van der Waals surface area (Å²) in [5.74, 6) is 0.255. The first-order chi connectivity index (χ1) is 14.1. The molecule has 8 heteroatoms. The van der Waals surface area contributed by atoms with Gasteiger partial charge in [0.1, 0.15) is 17.1 Å². The Hall–Kier alpha value is -3.55. The lowest BCUT2D eigenvalue weighted by Gasteiger charge is -2.26. The molecule has 0 bridgehead atoms. The van der Waals surface area contributed by atoms with E-state index >= 15 is 0 Å². The highest BCUT2D eigenvalue weighted by atomic mass is 16.5. The van der Waals surface area contributed by atoms with Crippen molar-refractivity contribution in [2.24, 2.45) is 0 Å². The number of ether oxygens (including phenoxy) is 1. The summed E-state index contributed by atoms with van der Waals surface area (Å²) in [6.45, 7) is 4.21. The van der Waals surface area contributed by atoms with Crippen LogP contribution in [0.4, 0.5) is 16.4 Å². The number of amides is 4. The van der Waals surface area contributed by atoms with Gasteiger partial charge >= 0.3 is 6.03 Å². The van der Waals surface area contributed by atoms with Crippen LogP contribution < -0.4 is 19.9 Å². The number of barbiturate groups is 1. The first-order valence-corrected chi connectivity index (χ1v) is 9.56. The van der Waals surface area contributed by atoms with Crippen LogP contribution in [0.2, 0.25) is 0 Å². The Kier molecular flexibility index (Phi) is 5.07. The van der Waals surface area contributed by atoms with Crippen molar-refractivity contribution < 1.29 is 23.5 Å². The highest BCUT2D eigenvalue weighted by Gasteiger charge is 2.37. The van der Waals surface area contributed by atoms with Gasteiger partial charge in [0.15, 0.2) is 5.88 Å². The van der Waals surface area contributed by atoms with Gasteiger partial charge in [-0.1, -0.05) is 0 Å². The molecule has 8 nitrogen and oxygen atoms in total. The Bertz CT molecular complexity index is 970. The molecule has 0 aliphatic carbocycles. The highest BCUT2D eigenvalue weighted by Crippen LogP contribution is 2.27. The zero-order chi connectivity index (χ0) is 20.4. The fourth-order valence-electron chi connectivity index (χ4n) is 3.42. The van der Waals surface area contributed by atoms with Crippen LogP contribution in [0.1, 0.15) is 25.5 Å². The van der Waals surface area contributed by atoms with E-state index in [0.29, 0.717) is 29.7 Å². The molecular formula is C21H21N3O5. The molecular weight excluding hydrogens is 374 g/mol. The molecule has 4 rings (SSSR count). The van der Waals surface area contributed by atoms with E-state index in [1.807, 2.05) is 13.0 Å². The van der Waals surface area contributed by atoms with Crippen LogP contribution >= 0.6 is 0 Å². The molecule has 2 aliphatic rings. The number of imide groups is 2. The molecule has 2 aromatic rings. The van der Waals surface area contributed by atoms with E-state index in [2.05, 4.69) is 10.2 Å². The van der Waals surface area contributed by atoms with E-state index in [1.54, 1.807) is 30.3 Å². The summed E-state index contributed by atoms with van der Waals surface area (Å²) in [6, 6.07) is 9.24. The van der Waals surface area contributed by atoms with Crippen LogP contribution in [0.15, 0.2) is 46.4 Å². The van der Waals surface area contributed by atoms with E-state index in [1.165, 1.54) is 6.08 Å². The lowest BCUT2D eigenvalue weighted by Crippen LogP contribution is -2.54. The van der Waals surface area contributed by atoms with Gasteiger partial charge in [0.05, 0.1) is 12.3 Å². The Morgan fingerprint density at radius 3 is 2.48 bits per heavy atom. The van der Waals surface area contributed by atoms with E-state index in [9.17, 15) is 14.4 Å². The second-order valence-electron chi connectivity index (χ2n) is 6.75. The first-order valence-electron chi connectivity index (χ1n) is 9.56. The Balaban J connectivity index is 1.60. The topological polar surface area (TPSA) is 92.1 Å². The fourth-order valence-corrected chi connectivity index (χ4v) is 3.42. The Labute approximate surface area is 167 Å². The molecule has 150 valence electrons. The second kappa shape index (κ2) is 7.83. The SMILES string of the molecule is CCOc1ccc(N2C(=O)NC(=O)/C(=C\c3ccc(N4CCCC4)o3)C2=O)cc1. The van der Waals surface area contributed by atoms with Crippen molar-refractivity contribution in [3.63, 3.8) is 0 Å². The van der Waals surface area contributed by atoms with E-state index in [0.717, 1.165) is 30.8 Å². The van der Waals surface area contributed by atoms with Crippen molar-refractivity contribution in [3.05, 3.63) is 47.7 Å². The number of hydrogen-bond acceptors (Lipinski definition) is 6. The van der Waals surface area contributed by atoms with Crippen molar-refractivity contribution in [3.8, 4) is 5.75 Å². The minimum Gasteiger partial charge on any atom is -0.494 e. The van der Waals surface area contributed by atoms with Crippen molar-refractivity contribution >= 4 is 35.5 Å². The summed E-state index contributed by atoms with van der Waals surface area (Å²) in [7, 11) is 0. The molecule has 1 aromatic heterocycles. The normalized spacial score (nSPS) is 18.5. The lowest BCUT2D eigenvalue weighted by molar-refractivity contribution is -0.122.